The molecule has 0 radical (unpaired) electrons. The minimum Gasteiger partial charge on any atom is -0.483 e. The van der Waals surface area contributed by atoms with E-state index in [4.69, 9.17) is 14.3 Å². The molecule has 9 nitrogen and oxygen atoms in total. The molecule has 1 aliphatic rings. The van der Waals surface area contributed by atoms with E-state index in [0.717, 1.165) is 43.9 Å². The Hall–Kier alpha value is -4.29. The van der Waals surface area contributed by atoms with Crippen LogP contribution in [0.1, 0.15) is 41.7 Å². The van der Waals surface area contributed by atoms with Gasteiger partial charge >= 0.3 is 0 Å². The van der Waals surface area contributed by atoms with Crippen LogP contribution in [-0.2, 0) is 11.3 Å². The lowest BCUT2D eigenvalue weighted by atomic mass is 9.96. The highest BCUT2D eigenvalue weighted by atomic mass is 16.4. The molecule has 2 N–H and O–H groups in total. The van der Waals surface area contributed by atoms with Gasteiger partial charge in [-0.3, -0.25) is 14.5 Å². The zero-order valence-corrected chi connectivity index (χ0v) is 19.3. The van der Waals surface area contributed by atoms with Gasteiger partial charge in [0.2, 0.25) is 11.8 Å². The molecule has 1 aliphatic heterocycles. The molecule has 0 aliphatic carbocycles. The molecule has 0 unspecified atom stereocenters. The number of likely N-dealkylation sites (tertiary alicyclic amines) is 1. The monoisotopic (exact) mass is 471 g/mol. The van der Waals surface area contributed by atoms with E-state index in [1.165, 1.54) is 5.56 Å². The number of pyridine rings is 1. The largest absolute Gasteiger partial charge is 0.483 e. The Morgan fingerprint density at radius 2 is 1.89 bits per heavy atom. The Morgan fingerprint density at radius 1 is 1.17 bits per heavy atom. The molecule has 3 heterocycles. The molecule has 4 aromatic rings. The van der Waals surface area contributed by atoms with Gasteiger partial charge < -0.3 is 14.5 Å². The number of fused-ring (bicyclic) bond motifs is 1. The third kappa shape index (κ3) is 5.45. The predicted molar refractivity (Wildman–Crippen MR) is 130 cm³/mol. The fourth-order valence-electron chi connectivity index (χ4n) is 4.40. The SMILES string of the molecule is Cc1nnc(C2CCN(Cc3ccc(-c4cc5c(C#N)cccc5c(=O)[nH]4)cc3)CC2)o1.O=CO. The van der Waals surface area contributed by atoms with Gasteiger partial charge in [0, 0.05) is 35.9 Å². The van der Waals surface area contributed by atoms with Crippen LogP contribution in [0.25, 0.3) is 22.0 Å². The van der Waals surface area contributed by atoms with Gasteiger partial charge in [0.25, 0.3) is 12.0 Å². The number of carbonyl (C=O) groups is 1. The summed E-state index contributed by atoms with van der Waals surface area (Å²) in [5, 5.41) is 25.6. The molecule has 0 spiro atoms. The highest BCUT2D eigenvalue weighted by Gasteiger charge is 2.24. The molecule has 0 saturated carbocycles. The van der Waals surface area contributed by atoms with E-state index in [2.05, 4.69) is 38.3 Å². The second kappa shape index (κ2) is 10.8. The average Bonchev–Trinajstić information content (AvgIpc) is 3.31. The number of hydrogen-bond donors (Lipinski definition) is 2. The number of carboxylic acid groups (broad SMARTS) is 1. The maximum atomic E-state index is 12.5. The van der Waals surface area contributed by atoms with Crippen LogP contribution >= 0.6 is 0 Å². The normalized spacial score (nSPS) is 14.2. The molecule has 2 aromatic heterocycles. The Labute approximate surface area is 201 Å². The van der Waals surface area contributed by atoms with Crippen LogP contribution < -0.4 is 5.56 Å². The molecule has 5 rings (SSSR count). The number of piperidine rings is 1. The molecular weight excluding hydrogens is 446 g/mol. The van der Waals surface area contributed by atoms with Gasteiger partial charge in [0.1, 0.15) is 0 Å². The van der Waals surface area contributed by atoms with Crippen LogP contribution in [0.5, 0.6) is 0 Å². The number of aromatic nitrogens is 3. The summed E-state index contributed by atoms with van der Waals surface area (Å²) in [6, 6.07) is 17.5. The Morgan fingerprint density at radius 3 is 2.51 bits per heavy atom. The summed E-state index contributed by atoms with van der Waals surface area (Å²) < 4.78 is 5.60. The number of nitrogens with zero attached hydrogens (tertiary/aromatic N) is 4. The zero-order valence-electron chi connectivity index (χ0n) is 19.3. The van der Waals surface area contributed by atoms with Crippen LogP contribution in [0.2, 0.25) is 0 Å². The number of benzene rings is 2. The van der Waals surface area contributed by atoms with Crippen molar-refractivity contribution in [3.05, 3.63) is 81.8 Å². The number of aryl methyl sites for hydroxylation is 1. The van der Waals surface area contributed by atoms with Crippen molar-refractivity contribution >= 4 is 17.2 Å². The van der Waals surface area contributed by atoms with Crippen molar-refractivity contribution in [2.45, 2.75) is 32.2 Å². The number of nitriles is 1. The second-order valence-electron chi connectivity index (χ2n) is 8.40. The lowest BCUT2D eigenvalue weighted by Crippen LogP contribution is -2.32. The molecule has 35 heavy (non-hydrogen) atoms. The molecule has 2 aromatic carbocycles. The van der Waals surface area contributed by atoms with E-state index in [0.29, 0.717) is 33.8 Å². The first-order valence-electron chi connectivity index (χ1n) is 11.3. The number of rotatable bonds is 4. The van der Waals surface area contributed by atoms with E-state index in [1.807, 2.05) is 25.1 Å². The molecule has 1 saturated heterocycles. The average molecular weight is 472 g/mol. The number of hydrogen-bond acceptors (Lipinski definition) is 7. The molecule has 0 bridgehead atoms. The maximum Gasteiger partial charge on any atom is 0.290 e. The Balaban J connectivity index is 0.000000917. The predicted octanol–water partition coefficient (Wildman–Crippen LogP) is 3.84. The summed E-state index contributed by atoms with van der Waals surface area (Å²) in [4.78, 5) is 26.3. The quantitative estimate of drug-likeness (QED) is 0.429. The van der Waals surface area contributed by atoms with E-state index >= 15 is 0 Å². The molecule has 9 heteroatoms. The molecule has 0 atom stereocenters. The van der Waals surface area contributed by atoms with Crippen LogP contribution in [0.15, 0.2) is 57.7 Å². The van der Waals surface area contributed by atoms with Crippen LogP contribution in [0.3, 0.4) is 0 Å². The van der Waals surface area contributed by atoms with Crippen molar-refractivity contribution in [1.82, 2.24) is 20.1 Å². The highest BCUT2D eigenvalue weighted by molar-refractivity contribution is 5.89. The van der Waals surface area contributed by atoms with Gasteiger partial charge in [-0.15, -0.1) is 10.2 Å². The minimum atomic E-state index is -0.250. The third-order valence-electron chi connectivity index (χ3n) is 6.16. The summed E-state index contributed by atoms with van der Waals surface area (Å²) in [7, 11) is 0. The zero-order chi connectivity index (χ0) is 24.8. The van der Waals surface area contributed by atoms with Gasteiger partial charge in [-0.25, -0.2) is 0 Å². The molecular formula is C26H25N5O4. The summed E-state index contributed by atoms with van der Waals surface area (Å²) in [5.41, 5.74) is 3.18. The van der Waals surface area contributed by atoms with Crippen LogP contribution in [-0.4, -0.2) is 44.7 Å². The van der Waals surface area contributed by atoms with E-state index < -0.39 is 0 Å². The lowest BCUT2D eigenvalue weighted by Gasteiger charge is -2.30. The third-order valence-corrected chi connectivity index (χ3v) is 6.16. The second-order valence-corrected chi connectivity index (χ2v) is 8.40. The van der Waals surface area contributed by atoms with Crippen molar-refractivity contribution in [3.63, 3.8) is 0 Å². The number of aromatic amines is 1. The molecule has 178 valence electrons. The van der Waals surface area contributed by atoms with Crippen molar-refractivity contribution in [1.29, 1.82) is 5.26 Å². The highest BCUT2D eigenvalue weighted by Crippen LogP contribution is 2.28. The first kappa shape index (κ1) is 23.9. The summed E-state index contributed by atoms with van der Waals surface area (Å²) in [5.74, 6) is 1.73. The fraction of sp³-hybridized carbons (Fsp3) is 0.269. The first-order valence-corrected chi connectivity index (χ1v) is 11.3. The standard InChI is InChI=1S/C25H23N5O2.CH2O2/c1-16-28-29-25(32-16)19-9-11-30(12-10-19)15-17-5-7-18(8-6-17)23-13-22-20(14-26)3-2-4-21(22)24(31)27-23;2-1-3/h2-8,13,19H,9-12,15H2,1H3,(H,27,31);1H,(H,2,3). The van der Waals surface area contributed by atoms with E-state index in [9.17, 15) is 10.1 Å². The fourth-order valence-corrected chi connectivity index (χ4v) is 4.40. The summed E-state index contributed by atoms with van der Waals surface area (Å²) >= 11 is 0. The summed E-state index contributed by atoms with van der Waals surface area (Å²) in [6.45, 7) is 4.43. The van der Waals surface area contributed by atoms with E-state index in [-0.39, 0.29) is 12.0 Å². The molecule has 0 amide bonds. The van der Waals surface area contributed by atoms with Crippen LogP contribution in [0.4, 0.5) is 0 Å². The number of nitrogens with one attached hydrogen (secondary N) is 1. The van der Waals surface area contributed by atoms with Crippen LogP contribution in [0, 0.1) is 18.3 Å². The van der Waals surface area contributed by atoms with Gasteiger partial charge in [-0.2, -0.15) is 5.26 Å². The van der Waals surface area contributed by atoms with Crippen molar-refractivity contribution in [2.75, 3.05) is 13.1 Å². The van der Waals surface area contributed by atoms with Gasteiger partial charge in [-0.1, -0.05) is 30.3 Å². The van der Waals surface area contributed by atoms with E-state index in [1.54, 1.807) is 18.2 Å². The topological polar surface area (TPSA) is 136 Å². The smallest absolute Gasteiger partial charge is 0.290 e. The van der Waals surface area contributed by atoms with Gasteiger partial charge in [-0.05, 0) is 55.3 Å². The van der Waals surface area contributed by atoms with Crippen molar-refractivity contribution in [2.24, 2.45) is 0 Å². The maximum absolute atomic E-state index is 12.5. The minimum absolute atomic E-state index is 0.182. The Bertz CT molecular complexity index is 1410. The number of H-pyrrole nitrogens is 1. The van der Waals surface area contributed by atoms with Crippen molar-refractivity contribution < 1.29 is 14.3 Å². The molecule has 1 fully saturated rings. The summed E-state index contributed by atoms with van der Waals surface area (Å²) in [6.07, 6.45) is 2.03. The Kier molecular flexibility index (Phi) is 7.33. The van der Waals surface area contributed by atoms with Gasteiger partial charge in [0.05, 0.1) is 11.6 Å². The van der Waals surface area contributed by atoms with Crippen molar-refractivity contribution in [3.8, 4) is 17.3 Å². The first-order chi connectivity index (χ1) is 17.0. The lowest BCUT2D eigenvalue weighted by molar-refractivity contribution is -0.122. The van der Waals surface area contributed by atoms with Gasteiger partial charge in [0.15, 0.2) is 0 Å².